The van der Waals surface area contributed by atoms with Crippen LogP contribution in [0.4, 0.5) is 0 Å². The minimum Gasteiger partial charge on any atom is -0.497 e. The van der Waals surface area contributed by atoms with Gasteiger partial charge in [-0.2, -0.15) is 0 Å². The maximum absolute atomic E-state index is 5.29. The molecule has 0 bridgehead atoms. The Morgan fingerprint density at radius 3 is 2.79 bits per heavy atom. The Kier molecular flexibility index (Phi) is 5.49. The van der Waals surface area contributed by atoms with E-state index in [1.165, 1.54) is 16.3 Å². The number of benzene rings is 2. The van der Waals surface area contributed by atoms with Gasteiger partial charge in [-0.3, -0.25) is 0 Å². The number of imidazole rings is 1. The molecule has 0 fully saturated rings. The second-order valence-corrected chi connectivity index (χ2v) is 6.23. The molecule has 1 N–H and O–H groups in total. The number of hydrogen-bond acceptors (Lipinski definition) is 3. The van der Waals surface area contributed by atoms with Crippen LogP contribution < -0.4 is 10.1 Å². The van der Waals surface area contributed by atoms with Gasteiger partial charge in [-0.25, -0.2) is 4.98 Å². The normalized spacial score (nSPS) is 12.4. The zero-order valence-electron chi connectivity index (χ0n) is 14.4. The Balaban J connectivity index is 1.50. The van der Waals surface area contributed by atoms with Crippen LogP contribution in [0.25, 0.3) is 10.8 Å². The molecule has 0 saturated heterocycles. The van der Waals surface area contributed by atoms with Crippen LogP contribution in [-0.2, 0) is 6.54 Å². The lowest BCUT2D eigenvalue weighted by Crippen LogP contribution is -2.22. The fourth-order valence-corrected chi connectivity index (χ4v) is 2.92. The van der Waals surface area contributed by atoms with E-state index in [9.17, 15) is 0 Å². The fraction of sp³-hybridized carbons (Fsp3) is 0.350. The van der Waals surface area contributed by atoms with Crippen LogP contribution in [0, 0.1) is 0 Å². The van der Waals surface area contributed by atoms with Crippen molar-refractivity contribution in [2.24, 2.45) is 0 Å². The van der Waals surface area contributed by atoms with Gasteiger partial charge in [0.1, 0.15) is 5.75 Å². The molecule has 0 amide bonds. The first-order valence-electron chi connectivity index (χ1n) is 8.50. The number of ether oxygens (including phenoxy) is 1. The van der Waals surface area contributed by atoms with Gasteiger partial charge in [0.05, 0.1) is 13.4 Å². The molecule has 3 rings (SSSR count). The summed E-state index contributed by atoms with van der Waals surface area (Å²) in [7, 11) is 1.70. The molecule has 0 aliphatic heterocycles. The topological polar surface area (TPSA) is 39.1 Å². The van der Waals surface area contributed by atoms with Crippen LogP contribution in [0.15, 0.2) is 55.1 Å². The van der Waals surface area contributed by atoms with Gasteiger partial charge in [0, 0.05) is 25.5 Å². The molecular formula is C20H25N3O. The average Bonchev–Trinajstić information content (AvgIpc) is 3.13. The van der Waals surface area contributed by atoms with E-state index in [4.69, 9.17) is 4.74 Å². The molecule has 2 aromatic carbocycles. The summed E-state index contributed by atoms with van der Waals surface area (Å²) in [5.41, 5.74) is 1.37. The molecule has 1 heterocycles. The third kappa shape index (κ3) is 4.15. The van der Waals surface area contributed by atoms with Gasteiger partial charge in [-0.05, 0) is 47.4 Å². The predicted octanol–water partition coefficient (Wildman–Crippen LogP) is 3.83. The quantitative estimate of drug-likeness (QED) is 0.640. The third-order valence-corrected chi connectivity index (χ3v) is 4.42. The van der Waals surface area contributed by atoms with Gasteiger partial charge in [-0.15, -0.1) is 0 Å². The van der Waals surface area contributed by atoms with Gasteiger partial charge in [0.2, 0.25) is 0 Å². The number of methoxy groups -OCH3 is 1. The second-order valence-electron chi connectivity index (χ2n) is 6.23. The standard InChI is InChI=1S/C20H25N3O/c1-16(14-21-8-3-10-23-11-9-22-15-23)17-4-5-19-13-20(24-2)7-6-18(19)12-17/h4-7,9,11-13,15-16,21H,3,8,10,14H2,1-2H3. The lowest BCUT2D eigenvalue weighted by molar-refractivity contribution is 0.415. The Bertz CT molecular complexity index is 768. The Labute approximate surface area is 143 Å². The van der Waals surface area contributed by atoms with Crippen molar-refractivity contribution in [2.45, 2.75) is 25.8 Å². The van der Waals surface area contributed by atoms with Crippen LogP contribution >= 0.6 is 0 Å². The summed E-state index contributed by atoms with van der Waals surface area (Å²) in [5, 5.41) is 6.04. The molecule has 0 saturated carbocycles. The number of aromatic nitrogens is 2. The lowest BCUT2D eigenvalue weighted by Gasteiger charge is -2.14. The van der Waals surface area contributed by atoms with Crippen LogP contribution in [0.5, 0.6) is 5.75 Å². The number of hydrogen-bond donors (Lipinski definition) is 1. The predicted molar refractivity (Wildman–Crippen MR) is 98.6 cm³/mol. The molecule has 24 heavy (non-hydrogen) atoms. The van der Waals surface area contributed by atoms with Crippen molar-refractivity contribution in [3.8, 4) is 5.75 Å². The van der Waals surface area contributed by atoms with Gasteiger partial charge < -0.3 is 14.6 Å². The van der Waals surface area contributed by atoms with Gasteiger partial charge in [0.15, 0.2) is 0 Å². The van der Waals surface area contributed by atoms with Crippen molar-refractivity contribution in [2.75, 3.05) is 20.2 Å². The Morgan fingerprint density at radius 2 is 2.00 bits per heavy atom. The average molecular weight is 323 g/mol. The van der Waals surface area contributed by atoms with Crippen molar-refractivity contribution in [3.05, 3.63) is 60.7 Å². The van der Waals surface area contributed by atoms with Gasteiger partial charge >= 0.3 is 0 Å². The van der Waals surface area contributed by atoms with Crippen molar-refractivity contribution < 1.29 is 4.74 Å². The summed E-state index contributed by atoms with van der Waals surface area (Å²) in [6.45, 7) is 5.30. The van der Waals surface area contributed by atoms with Crippen LogP contribution in [0.2, 0.25) is 0 Å². The van der Waals surface area contributed by atoms with E-state index in [1.807, 2.05) is 24.8 Å². The number of rotatable bonds is 8. The highest BCUT2D eigenvalue weighted by molar-refractivity contribution is 5.84. The summed E-state index contributed by atoms with van der Waals surface area (Å²) < 4.78 is 7.40. The molecule has 3 aromatic rings. The van der Waals surface area contributed by atoms with E-state index < -0.39 is 0 Å². The molecule has 0 aliphatic carbocycles. The van der Waals surface area contributed by atoms with E-state index in [-0.39, 0.29) is 0 Å². The Morgan fingerprint density at radius 1 is 1.17 bits per heavy atom. The maximum Gasteiger partial charge on any atom is 0.119 e. The molecule has 0 spiro atoms. The SMILES string of the molecule is COc1ccc2cc(C(C)CNCCCn3ccnc3)ccc2c1. The number of nitrogens with zero attached hydrogens (tertiary/aromatic N) is 2. The summed E-state index contributed by atoms with van der Waals surface area (Å²) in [6.07, 6.45) is 6.81. The zero-order valence-corrected chi connectivity index (χ0v) is 14.4. The van der Waals surface area contributed by atoms with E-state index in [1.54, 1.807) is 7.11 Å². The number of aryl methyl sites for hydroxylation is 1. The highest BCUT2D eigenvalue weighted by Gasteiger charge is 2.06. The summed E-state index contributed by atoms with van der Waals surface area (Å²) in [4.78, 5) is 4.06. The monoisotopic (exact) mass is 323 g/mol. The smallest absolute Gasteiger partial charge is 0.119 e. The molecule has 126 valence electrons. The van der Waals surface area contributed by atoms with Crippen molar-refractivity contribution >= 4 is 10.8 Å². The molecule has 1 atom stereocenters. The van der Waals surface area contributed by atoms with Gasteiger partial charge in [0.25, 0.3) is 0 Å². The highest BCUT2D eigenvalue weighted by Crippen LogP contribution is 2.24. The van der Waals surface area contributed by atoms with E-state index in [0.29, 0.717) is 5.92 Å². The summed E-state index contributed by atoms with van der Waals surface area (Å²) >= 11 is 0. The summed E-state index contributed by atoms with van der Waals surface area (Å²) in [6, 6.07) is 12.9. The highest BCUT2D eigenvalue weighted by atomic mass is 16.5. The molecule has 0 aliphatic rings. The lowest BCUT2D eigenvalue weighted by atomic mass is 9.97. The van der Waals surface area contributed by atoms with Crippen molar-refractivity contribution in [3.63, 3.8) is 0 Å². The minimum atomic E-state index is 0.491. The largest absolute Gasteiger partial charge is 0.497 e. The van der Waals surface area contributed by atoms with Crippen LogP contribution in [-0.4, -0.2) is 29.8 Å². The first-order chi connectivity index (χ1) is 11.8. The first-order valence-corrected chi connectivity index (χ1v) is 8.50. The van der Waals surface area contributed by atoms with Crippen molar-refractivity contribution in [1.29, 1.82) is 0 Å². The first kappa shape index (κ1) is 16.5. The minimum absolute atomic E-state index is 0.491. The number of fused-ring (bicyclic) bond motifs is 1. The molecule has 4 nitrogen and oxygen atoms in total. The van der Waals surface area contributed by atoms with Crippen LogP contribution in [0.1, 0.15) is 24.8 Å². The third-order valence-electron chi connectivity index (χ3n) is 4.42. The van der Waals surface area contributed by atoms with Gasteiger partial charge in [-0.1, -0.05) is 31.2 Å². The Hall–Kier alpha value is -2.33. The second kappa shape index (κ2) is 7.97. The van der Waals surface area contributed by atoms with Crippen molar-refractivity contribution in [1.82, 2.24) is 14.9 Å². The maximum atomic E-state index is 5.29. The molecule has 1 aromatic heterocycles. The molecule has 1 unspecified atom stereocenters. The molecule has 0 radical (unpaired) electrons. The van der Waals surface area contributed by atoms with E-state index in [0.717, 1.165) is 31.8 Å². The van der Waals surface area contributed by atoms with E-state index >= 15 is 0 Å². The summed E-state index contributed by atoms with van der Waals surface area (Å²) in [5.74, 6) is 1.40. The fourth-order valence-electron chi connectivity index (χ4n) is 2.92. The zero-order chi connectivity index (χ0) is 16.8. The van der Waals surface area contributed by atoms with Crippen LogP contribution in [0.3, 0.4) is 0 Å². The molecule has 4 heteroatoms. The van der Waals surface area contributed by atoms with E-state index in [2.05, 4.69) is 52.1 Å². The number of nitrogens with one attached hydrogen (secondary N) is 1. The molecular weight excluding hydrogens is 298 g/mol.